The van der Waals surface area contributed by atoms with E-state index in [-0.39, 0.29) is 11.5 Å². The Morgan fingerprint density at radius 3 is 2.52 bits per heavy atom. The van der Waals surface area contributed by atoms with E-state index >= 15 is 0 Å². The molecule has 1 fully saturated rings. The lowest BCUT2D eigenvalue weighted by Gasteiger charge is -2.20. The zero-order valence-corrected chi connectivity index (χ0v) is 13.2. The van der Waals surface area contributed by atoms with Crippen LogP contribution in [0.15, 0.2) is 53.5 Å². The van der Waals surface area contributed by atoms with Gasteiger partial charge in [-0.05, 0) is 37.0 Å². The van der Waals surface area contributed by atoms with Crippen molar-refractivity contribution in [3.63, 3.8) is 0 Å². The second-order valence-electron chi connectivity index (χ2n) is 6.22. The van der Waals surface area contributed by atoms with E-state index in [0.717, 1.165) is 18.5 Å². The fourth-order valence-electron chi connectivity index (χ4n) is 3.22. The minimum Gasteiger partial charge on any atom is -0.325 e. The molecule has 1 heterocycles. The minimum absolute atomic E-state index is 0.0372. The number of nitrogens with one attached hydrogen (secondary N) is 1. The Kier molecular flexibility index (Phi) is 4.91. The lowest BCUT2D eigenvalue weighted by molar-refractivity contribution is -0.117. The highest BCUT2D eigenvalue weighted by atomic mass is 16.1. The van der Waals surface area contributed by atoms with Crippen molar-refractivity contribution >= 4 is 11.6 Å². The van der Waals surface area contributed by atoms with Crippen LogP contribution >= 0.6 is 0 Å². The topological polar surface area (TPSA) is 51.1 Å². The van der Waals surface area contributed by atoms with Crippen LogP contribution in [0.25, 0.3) is 5.69 Å². The van der Waals surface area contributed by atoms with Gasteiger partial charge in [0.25, 0.3) is 5.56 Å². The maximum Gasteiger partial charge on any atom is 0.255 e. The van der Waals surface area contributed by atoms with Crippen molar-refractivity contribution in [3.8, 4) is 5.69 Å². The van der Waals surface area contributed by atoms with Crippen molar-refractivity contribution < 1.29 is 4.79 Å². The number of rotatable bonds is 4. The second kappa shape index (κ2) is 7.27. The van der Waals surface area contributed by atoms with E-state index in [0.29, 0.717) is 18.0 Å². The summed E-state index contributed by atoms with van der Waals surface area (Å²) in [7, 11) is 0. The third-order valence-electron chi connectivity index (χ3n) is 4.43. The summed E-state index contributed by atoms with van der Waals surface area (Å²) in [4.78, 5) is 24.2. The molecule has 0 unspecified atom stereocenters. The molecule has 0 bridgehead atoms. The molecular formula is C19H22N2O2. The van der Waals surface area contributed by atoms with Gasteiger partial charge in [-0.1, -0.05) is 37.5 Å². The first-order chi connectivity index (χ1) is 11.2. The third-order valence-corrected chi connectivity index (χ3v) is 4.43. The van der Waals surface area contributed by atoms with E-state index in [1.54, 1.807) is 16.8 Å². The number of hydrogen-bond donors (Lipinski definition) is 1. The molecule has 1 aliphatic carbocycles. The molecule has 0 saturated heterocycles. The van der Waals surface area contributed by atoms with Gasteiger partial charge in [0.15, 0.2) is 0 Å². The summed E-state index contributed by atoms with van der Waals surface area (Å²) in [5.74, 6) is 0.541. The molecule has 0 atom stereocenters. The Morgan fingerprint density at radius 2 is 1.78 bits per heavy atom. The summed E-state index contributed by atoms with van der Waals surface area (Å²) in [5.41, 5.74) is 1.34. The van der Waals surface area contributed by atoms with Crippen LogP contribution in [0, 0.1) is 5.92 Å². The number of nitrogens with zero attached hydrogens (tertiary/aromatic N) is 1. The normalized spacial score (nSPS) is 15.3. The summed E-state index contributed by atoms with van der Waals surface area (Å²) >= 11 is 0. The summed E-state index contributed by atoms with van der Waals surface area (Å²) in [6.45, 7) is 0. The fourth-order valence-corrected chi connectivity index (χ4v) is 3.22. The Labute approximate surface area is 136 Å². The molecule has 1 N–H and O–H groups in total. The highest BCUT2D eigenvalue weighted by Gasteiger charge is 2.17. The number of benzene rings is 1. The molecule has 0 spiro atoms. The summed E-state index contributed by atoms with van der Waals surface area (Å²) in [6.07, 6.45) is 8.32. The number of anilines is 1. The third kappa shape index (κ3) is 4.09. The minimum atomic E-state index is -0.110. The number of hydrogen-bond acceptors (Lipinski definition) is 2. The molecule has 2 aromatic rings. The number of carbonyl (C=O) groups is 1. The smallest absolute Gasteiger partial charge is 0.255 e. The fraction of sp³-hybridized carbons (Fsp3) is 0.368. The van der Waals surface area contributed by atoms with Crippen molar-refractivity contribution in [3.05, 3.63) is 59.0 Å². The van der Waals surface area contributed by atoms with E-state index in [4.69, 9.17) is 0 Å². The Morgan fingerprint density at radius 1 is 1.04 bits per heavy atom. The lowest BCUT2D eigenvalue weighted by Crippen LogP contribution is -2.21. The van der Waals surface area contributed by atoms with Crippen molar-refractivity contribution in [2.45, 2.75) is 38.5 Å². The van der Waals surface area contributed by atoms with Gasteiger partial charge in [-0.2, -0.15) is 0 Å². The van der Waals surface area contributed by atoms with Crippen LogP contribution in [0.3, 0.4) is 0 Å². The first-order valence-electron chi connectivity index (χ1n) is 8.30. The van der Waals surface area contributed by atoms with Crippen LogP contribution in [0.2, 0.25) is 0 Å². The van der Waals surface area contributed by atoms with Gasteiger partial charge in [-0.15, -0.1) is 0 Å². The molecule has 23 heavy (non-hydrogen) atoms. The van der Waals surface area contributed by atoms with E-state index in [2.05, 4.69) is 5.32 Å². The summed E-state index contributed by atoms with van der Waals surface area (Å²) in [6, 6.07) is 12.6. The first-order valence-corrected chi connectivity index (χ1v) is 8.30. The molecule has 4 heteroatoms. The zero-order chi connectivity index (χ0) is 16.1. The summed E-state index contributed by atoms with van der Waals surface area (Å²) < 4.78 is 1.55. The Balaban J connectivity index is 1.71. The van der Waals surface area contributed by atoms with Crippen LogP contribution < -0.4 is 10.9 Å². The van der Waals surface area contributed by atoms with Crippen molar-refractivity contribution in [1.29, 1.82) is 0 Å². The van der Waals surface area contributed by atoms with E-state index in [9.17, 15) is 9.59 Å². The molecular weight excluding hydrogens is 288 g/mol. The molecule has 1 aliphatic rings. The molecule has 1 amide bonds. The average molecular weight is 310 g/mol. The predicted octanol–water partition coefficient (Wildman–Crippen LogP) is 3.75. The quantitative estimate of drug-likeness (QED) is 0.935. The van der Waals surface area contributed by atoms with Gasteiger partial charge in [0.05, 0.1) is 5.69 Å². The van der Waals surface area contributed by atoms with Crippen LogP contribution in [0.4, 0.5) is 5.69 Å². The van der Waals surface area contributed by atoms with Crippen LogP contribution in [0.5, 0.6) is 0 Å². The van der Waals surface area contributed by atoms with Crippen molar-refractivity contribution in [2.24, 2.45) is 5.92 Å². The maximum atomic E-state index is 12.2. The van der Waals surface area contributed by atoms with Gasteiger partial charge in [-0.25, -0.2) is 0 Å². The number of amides is 1. The number of aromatic nitrogens is 1. The largest absolute Gasteiger partial charge is 0.325 e. The number of para-hydroxylation sites is 1. The van der Waals surface area contributed by atoms with Crippen molar-refractivity contribution in [2.75, 3.05) is 5.32 Å². The standard InChI is InChI=1S/C19H22N2O2/c22-18(13-15-7-3-1-4-8-15)20-16-11-12-19(23)21(14-16)17-9-5-2-6-10-17/h2,5-6,9-12,14-15H,1,3-4,7-8,13H2,(H,20,22). The second-order valence-corrected chi connectivity index (χ2v) is 6.22. The highest BCUT2D eigenvalue weighted by molar-refractivity contribution is 5.90. The Bertz CT molecular complexity index is 716. The molecule has 1 saturated carbocycles. The Hall–Kier alpha value is -2.36. The maximum absolute atomic E-state index is 12.2. The van der Waals surface area contributed by atoms with E-state index in [1.165, 1.54) is 25.3 Å². The van der Waals surface area contributed by atoms with E-state index in [1.807, 2.05) is 30.3 Å². The monoisotopic (exact) mass is 310 g/mol. The lowest BCUT2D eigenvalue weighted by atomic mass is 9.87. The molecule has 1 aromatic carbocycles. The SMILES string of the molecule is O=C(CC1CCCCC1)Nc1ccc(=O)n(-c2ccccc2)c1. The number of carbonyl (C=O) groups excluding carboxylic acids is 1. The predicted molar refractivity (Wildman–Crippen MR) is 91.9 cm³/mol. The molecule has 1 aromatic heterocycles. The number of pyridine rings is 1. The van der Waals surface area contributed by atoms with Gasteiger partial charge < -0.3 is 5.32 Å². The van der Waals surface area contributed by atoms with Crippen LogP contribution in [-0.2, 0) is 4.79 Å². The molecule has 0 aliphatic heterocycles. The van der Waals surface area contributed by atoms with Gasteiger partial charge in [0.1, 0.15) is 0 Å². The van der Waals surface area contributed by atoms with Crippen LogP contribution in [0.1, 0.15) is 38.5 Å². The highest BCUT2D eigenvalue weighted by Crippen LogP contribution is 2.26. The molecule has 120 valence electrons. The van der Waals surface area contributed by atoms with Gasteiger partial charge >= 0.3 is 0 Å². The molecule has 3 rings (SSSR count). The summed E-state index contributed by atoms with van der Waals surface area (Å²) in [5, 5.41) is 2.93. The van der Waals surface area contributed by atoms with Gasteiger partial charge in [-0.3, -0.25) is 14.2 Å². The molecule has 4 nitrogen and oxygen atoms in total. The van der Waals surface area contributed by atoms with Gasteiger partial charge in [0, 0.05) is 24.4 Å². The average Bonchev–Trinajstić information content (AvgIpc) is 2.58. The van der Waals surface area contributed by atoms with E-state index < -0.39 is 0 Å². The zero-order valence-electron chi connectivity index (χ0n) is 13.2. The molecule has 0 radical (unpaired) electrons. The van der Waals surface area contributed by atoms with Crippen LogP contribution in [-0.4, -0.2) is 10.5 Å². The first kappa shape index (κ1) is 15.5. The van der Waals surface area contributed by atoms with Gasteiger partial charge in [0.2, 0.25) is 5.91 Å². The van der Waals surface area contributed by atoms with Crippen molar-refractivity contribution in [1.82, 2.24) is 4.57 Å².